The van der Waals surface area contributed by atoms with Crippen molar-refractivity contribution in [2.24, 2.45) is 0 Å². The molecule has 158 valence electrons. The van der Waals surface area contributed by atoms with Crippen LogP contribution in [0.1, 0.15) is 36.5 Å². The molecule has 1 aliphatic carbocycles. The van der Waals surface area contributed by atoms with E-state index >= 15 is 0 Å². The van der Waals surface area contributed by atoms with Gasteiger partial charge in [-0.15, -0.1) is 0 Å². The van der Waals surface area contributed by atoms with E-state index in [9.17, 15) is 5.11 Å². The third-order valence-electron chi connectivity index (χ3n) is 6.65. The molecule has 32 heavy (non-hydrogen) atoms. The maximum Gasteiger partial charge on any atom is 0.219 e. The number of aromatic hydroxyl groups is 1. The van der Waals surface area contributed by atoms with Crippen LogP contribution >= 0.6 is 0 Å². The number of hydrogen-bond acceptors (Lipinski definition) is 4. The van der Waals surface area contributed by atoms with Gasteiger partial charge in [0.05, 0.1) is 0 Å². The summed E-state index contributed by atoms with van der Waals surface area (Å²) in [5.41, 5.74) is 4.17. The zero-order chi connectivity index (χ0) is 21.9. The van der Waals surface area contributed by atoms with Crippen molar-refractivity contribution in [2.75, 3.05) is 0 Å². The van der Waals surface area contributed by atoms with Crippen LogP contribution in [0, 0.1) is 0 Å². The third-order valence-corrected chi connectivity index (χ3v) is 6.65. The molecule has 1 aromatic heterocycles. The van der Waals surface area contributed by atoms with Crippen LogP contribution in [0.15, 0.2) is 84.9 Å². The van der Waals surface area contributed by atoms with Crippen LogP contribution in [-0.2, 0) is 10.2 Å². The van der Waals surface area contributed by atoms with Gasteiger partial charge in [-0.25, -0.2) is 4.98 Å². The molecule has 0 amide bonds. The van der Waals surface area contributed by atoms with E-state index in [1.807, 2.05) is 42.5 Å². The predicted molar refractivity (Wildman–Crippen MR) is 125 cm³/mol. The first-order chi connectivity index (χ1) is 15.5. The molecule has 0 saturated carbocycles. The number of phenolic OH excluding ortho intramolecular Hbond substituents is 1. The number of aromatic nitrogens is 1. The number of hydrogen-bond donors (Lipinski definition) is 1. The van der Waals surface area contributed by atoms with E-state index in [0.29, 0.717) is 17.1 Å². The molecule has 1 aliphatic heterocycles. The van der Waals surface area contributed by atoms with Gasteiger partial charge in [-0.3, -0.25) is 0 Å². The average Bonchev–Trinajstić information content (AvgIpc) is 3.34. The monoisotopic (exact) mass is 421 g/mol. The summed E-state index contributed by atoms with van der Waals surface area (Å²) < 4.78 is 12.5. The number of ether oxygens (including phenoxy) is 2. The van der Waals surface area contributed by atoms with Crippen molar-refractivity contribution < 1.29 is 14.6 Å². The lowest BCUT2D eigenvalue weighted by atomic mass is 9.84. The molecule has 4 aromatic rings. The molecule has 1 N–H and O–H groups in total. The predicted octanol–water partition coefficient (Wildman–Crippen LogP) is 6.55. The van der Waals surface area contributed by atoms with Crippen molar-refractivity contribution >= 4 is 16.7 Å². The molecular weight excluding hydrogens is 398 g/mol. The summed E-state index contributed by atoms with van der Waals surface area (Å²) in [6, 6.07) is 25.5. The summed E-state index contributed by atoms with van der Waals surface area (Å²) in [4.78, 5) is 4.47. The van der Waals surface area contributed by atoms with Gasteiger partial charge in [0, 0.05) is 28.3 Å². The van der Waals surface area contributed by atoms with Gasteiger partial charge in [-0.2, -0.15) is 0 Å². The van der Waals surface area contributed by atoms with Gasteiger partial charge in [0.2, 0.25) is 5.88 Å². The second-order valence-electron chi connectivity index (χ2n) is 9.03. The molecule has 0 fully saturated rings. The lowest BCUT2D eigenvalue weighted by Crippen LogP contribution is -2.30. The van der Waals surface area contributed by atoms with Crippen LogP contribution < -0.4 is 4.74 Å². The van der Waals surface area contributed by atoms with Crippen molar-refractivity contribution in [1.82, 2.24) is 4.98 Å². The number of rotatable bonds is 3. The van der Waals surface area contributed by atoms with Crippen LogP contribution in [0.5, 0.6) is 17.4 Å². The number of para-hydroxylation sites is 1. The Morgan fingerprint density at radius 1 is 0.938 bits per heavy atom. The Hall–Kier alpha value is -3.79. The smallest absolute Gasteiger partial charge is 0.219 e. The number of pyridine rings is 1. The van der Waals surface area contributed by atoms with E-state index in [0.717, 1.165) is 16.7 Å². The lowest BCUT2D eigenvalue weighted by Gasteiger charge is -2.28. The topological polar surface area (TPSA) is 51.6 Å². The van der Waals surface area contributed by atoms with E-state index in [1.54, 1.807) is 12.1 Å². The minimum absolute atomic E-state index is 0.0510. The zero-order valence-electron chi connectivity index (χ0n) is 17.9. The van der Waals surface area contributed by atoms with E-state index in [-0.39, 0.29) is 23.2 Å². The van der Waals surface area contributed by atoms with Gasteiger partial charge < -0.3 is 14.6 Å². The second kappa shape index (κ2) is 6.86. The lowest BCUT2D eigenvalue weighted by molar-refractivity contribution is 0.118. The highest BCUT2D eigenvalue weighted by molar-refractivity contribution is 5.84. The number of nitrogens with zero attached hydrogens (tertiary/aromatic N) is 1. The Bertz CT molecular complexity index is 1390. The Labute approximate surface area is 186 Å². The maximum absolute atomic E-state index is 10.1. The maximum atomic E-state index is 10.1. The largest absolute Gasteiger partial charge is 0.506 e. The highest BCUT2D eigenvalue weighted by atomic mass is 16.5. The summed E-state index contributed by atoms with van der Waals surface area (Å²) >= 11 is 0. The molecule has 2 aliphatic rings. The standard InChI is InChI=1S/C28H23NO3/c1-28(2)22-11-4-3-10-20(22)21-16-24(32-27(21)28)18-8-5-9-19(15-18)31-25-14-13-17-7-6-12-23(30)26(17)29-25/h3-16,21,27,30H,1-2H3/t21-,27+/m0/s1. The molecule has 4 heteroatoms. The molecule has 0 saturated heterocycles. The minimum atomic E-state index is -0.0510. The fourth-order valence-electron chi connectivity index (χ4n) is 5.04. The van der Waals surface area contributed by atoms with E-state index < -0.39 is 0 Å². The fourth-order valence-corrected chi connectivity index (χ4v) is 5.04. The summed E-state index contributed by atoms with van der Waals surface area (Å²) in [5, 5.41) is 11.0. The molecule has 4 nitrogen and oxygen atoms in total. The van der Waals surface area contributed by atoms with Crippen molar-refractivity contribution in [3.63, 3.8) is 0 Å². The first-order valence-corrected chi connectivity index (χ1v) is 10.9. The molecule has 0 spiro atoms. The Kier molecular flexibility index (Phi) is 4.06. The van der Waals surface area contributed by atoms with Gasteiger partial charge in [0.15, 0.2) is 0 Å². The molecule has 3 aromatic carbocycles. The molecule has 2 atom stereocenters. The van der Waals surface area contributed by atoms with Crippen LogP contribution in [0.4, 0.5) is 0 Å². The quantitative estimate of drug-likeness (QED) is 0.408. The molecular formula is C28H23NO3. The zero-order valence-corrected chi connectivity index (χ0v) is 17.9. The van der Waals surface area contributed by atoms with E-state index in [2.05, 4.69) is 49.2 Å². The minimum Gasteiger partial charge on any atom is -0.506 e. The van der Waals surface area contributed by atoms with Gasteiger partial charge >= 0.3 is 0 Å². The number of fused-ring (bicyclic) bond motifs is 4. The first-order valence-electron chi connectivity index (χ1n) is 10.9. The first kappa shape index (κ1) is 18.9. The van der Waals surface area contributed by atoms with Gasteiger partial charge in [0.25, 0.3) is 0 Å². The molecule has 0 bridgehead atoms. The van der Waals surface area contributed by atoms with Gasteiger partial charge in [0.1, 0.15) is 28.9 Å². The summed E-state index contributed by atoms with van der Waals surface area (Å²) in [6.07, 6.45) is 2.33. The molecule has 6 rings (SSSR count). The Morgan fingerprint density at radius 3 is 2.69 bits per heavy atom. The fraction of sp³-hybridized carbons (Fsp3) is 0.179. The van der Waals surface area contributed by atoms with Gasteiger partial charge in [-0.1, -0.05) is 62.4 Å². The molecule has 2 heterocycles. The summed E-state index contributed by atoms with van der Waals surface area (Å²) in [7, 11) is 0. The highest BCUT2D eigenvalue weighted by Gasteiger charge is 2.50. The number of phenols is 1. The van der Waals surface area contributed by atoms with Crippen LogP contribution in [0.25, 0.3) is 16.7 Å². The number of benzene rings is 3. The van der Waals surface area contributed by atoms with E-state index in [1.165, 1.54) is 11.1 Å². The van der Waals surface area contributed by atoms with Crippen LogP contribution in [0.2, 0.25) is 0 Å². The molecule has 0 radical (unpaired) electrons. The SMILES string of the molecule is CC1(C)c2ccccc2[C@@H]2C=C(c3cccc(Oc4ccc5cccc(O)c5n4)c3)O[C@H]21. The normalized spacial score (nSPS) is 20.4. The molecule has 0 unspecified atom stereocenters. The van der Waals surface area contributed by atoms with Crippen LogP contribution in [0.3, 0.4) is 0 Å². The van der Waals surface area contributed by atoms with Crippen molar-refractivity contribution in [1.29, 1.82) is 0 Å². The summed E-state index contributed by atoms with van der Waals surface area (Å²) in [6.45, 7) is 4.52. The van der Waals surface area contributed by atoms with Gasteiger partial charge in [-0.05, 0) is 41.5 Å². The third kappa shape index (κ3) is 2.87. The highest BCUT2D eigenvalue weighted by Crippen LogP contribution is 2.53. The Balaban J connectivity index is 1.31. The van der Waals surface area contributed by atoms with E-state index in [4.69, 9.17) is 9.47 Å². The van der Waals surface area contributed by atoms with Crippen molar-refractivity contribution in [2.45, 2.75) is 31.3 Å². The second-order valence-corrected chi connectivity index (χ2v) is 9.03. The van der Waals surface area contributed by atoms with Crippen LogP contribution in [-0.4, -0.2) is 16.2 Å². The Morgan fingerprint density at radius 2 is 1.78 bits per heavy atom. The van der Waals surface area contributed by atoms with Crippen molar-refractivity contribution in [3.8, 4) is 17.4 Å². The average molecular weight is 421 g/mol. The van der Waals surface area contributed by atoms with Crippen molar-refractivity contribution in [3.05, 3.63) is 102 Å². The summed E-state index contributed by atoms with van der Waals surface area (Å²) in [5.74, 6) is 2.39.